The van der Waals surface area contributed by atoms with Crippen LogP contribution in [0.3, 0.4) is 0 Å². The average molecular weight is 288 g/mol. The number of aromatic nitrogens is 1. The number of amides is 1. The molecule has 2 rings (SSSR count). The Bertz CT molecular complexity index is 672. The van der Waals surface area contributed by atoms with Gasteiger partial charge >= 0.3 is 0 Å². The smallest absolute Gasteiger partial charge is 0.254 e. The maximum atomic E-state index is 13.7. The van der Waals surface area contributed by atoms with Crippen molar-refractivity contribution in [2.24, 2.45) is 0 Å². The third-order valence-electron chi connectivity index (χ3n) is 2.60. The fourth-order valence-electron chi connectivity index (χ4n) is 1.59. The molecule has 2 N–H and O–H groups in total. The molecule has 0 aliphatic heterocycles. The van der Waals surface area contributed by atoms with E-state index in [0.29, 0.717) is 17.7 Å². The molecule has 21 heavy (non-hydrogen) atoms. The Morgan fingerprint density at radius 1 is 1.43 bits per heavy atom. The first-order valence-corrected chi connectivity index (χ1v) is 6.27. The third-order valence-corrected chi connectivity index (χ3v) is 2.60. The summed E-state index contributed by atoms with van der Waals surface area (Å²) in [6.45, 7) is 0.106. The van der Waals surface area contributed by atoms with Crippen LogP contribution in [-0.2, 0) is 6.54 Å². The number of hydrogen-bond donors (Lipinski definition) is 2. The van der Waals surface area contributed by atoms with Crippen LogP contribution < -0.4 is 5.32 Å². The summed E-state index contributed by atoms with van der Waals surface area (Å²) in [6.07, 6.45) is 1.71. The minimum absolute atomic E-state index is 0.0424. The predicted molar refractivity (Wildman–Crippen MR) is 72.7 cm³/mol. The van der Waals surface area contributed by atoms with Crippen molar-refractivity contribution in [3.63, 3.8) is 0 Å². The molecular weight excluding hydrogens is 275 g/mol. The summed E-state index contributed by atoms with van der Waals surface area (Å²) in [4.78, 5) is 11.9. The van der Waals surface area contributed by atoms with Gasteiger partial charge < -0.3 is 14.9 Å². The molecule has 108 valence electrons. The highest BCUT2D eigenvalue weighted by atomic mass is 19.1. The van der Waals surface area contributed by atoms with E-state index in [9.17, 15) is 9.18 Å². The van der Waals surface area contributed by atoms with E-state index in [0.717, 1.165) is 0 Å². The van der Waals surface area contributed by atoms with Gasteiger partial charge in [0.2, 0.25) is 0 Å². The van der Waals surface area contributed by atoms with Gasteiger partial charge in [0.15, 0.2) is 0 Å². The Morgan fingerprint density at radius 2 is 2.29 bits per heavy atom. The van der Waals surface area contributed by atoms with E-state index in [-0.39, 0.29) is 18.7 Å². The van der Waals surface area contributed by atoms with E-state index in [2.05, 4.69) is 26.8 Å². The number of rotatable bonds is 4. The molecule has 0 atom stereocenters. The van der Waals surface area contributed by atoms with Crippen molar-refractivity contribution in [3.8, 4) is 11.8 Å². The molecule has 0 aliphatic rings. The molecule has 1 amide bonds. The van der Waals surface area contributed by atoms with Crippen molar-refractivity contribution in [1.29, 1.82) is 0 Å². The molecular formula is C15H13FN2O3. The standard InChI is InChI=1S/C15H13FN2O3/c16-14-5-4-11(3-1-2-7-19)9-13(14)15(20)17-10-12-6-8-21-18-12/h4-6,8-9,19H,2,7,10H2,(H,17,20). The Morgan fingerprint density at radius 3 is 3.00 bits per heavy atom. The van der Waals surface area contributed by atoms with Gasteiger partial charge in [-0.15, -0.1) is 0 Å². The molecule has 0 aliphatic carbocycles. The van der Waals surface area contributed by atoms with Gasteiger partial charge in [0.05, 0.1) is 18.7 Å². The van der Waals surface area contributed by atoms with Crippen LogP contribution in [0.1, 0.15) is 28.0 Å². The summed E-state index contributed by atoms with van der Waals surface area (Å²) in [5.41, 5.74) is 0.966. The number of hydrogen-bond acceptors (Lipinski definition) is 4. The van der Waals surface area contributed by atoms with Gasteiger partial charge in [0, 0.05) is 18.1 Å². The van der Waals surface area contributed by atoms with Gasteiger partial charge in [0.1, 0.15) is 17.8 Å². The van der Waals surface area contributed by atoms with Crippen LogP contribution in [0.5, 0.6) is 0 Å². The molecule has 0 fully saturated rings. The Hall–Kier alpha value is -2.65. The minimum atomic E-state index is -0.625. The molecule has 0 bridgehead atoms. The van der Waals surface area contributed by atoms with Crippen LogP contribution in [0.4, 0.5) is 4.39 Å². The quantitative estimate of drug-likeness (QED) is 0.836. The zero-order chi connectivity index (χ0) is 15.1. The molecule has 5 nitrogen and oxygen atoms in total. The number of carbonyl (C=O) groups is 1. The molecule has 2 aromatic rings. The second-order valence-electron chi connectivity index (χ2n) is 4.14. The molecule has 0 radical (unpaired) electrons. The van der Waals surface area contributed by atoms with Gasteiger partial charge in [-0.3, -0.25) is 4.79 Å². The molecule has 0 unspecified atom stereocenters. The highest BCUT2D eigenvalue weighted by molar-refractivity contribution is 5.94. The molecule has 6 heteroatoms. The average Bonchev–Trinajstić information content (AvgIpc) is 3.00. The summed E-state index contributed by atoms with van der Waals surface area (Å²) >= 11 is 0. The van der Waals surface area contributed by atoms with Crippen LogP contribution in [0.15, 0.2) is 35.1 Å². The molecule has 0 saturated carbocycles. The Labute approximate surface area is 120 Å². The minimum Gasteiger partial charge on any atom is -0.395 e. The van der Waals surface area contributed by atoms with Gasteiger partial charge in [-0.2, -0.15) is 0 Å². The predicted octanol–water partition coefficient (Wildman–Crippen LogP) is 1.48. The van der Waals surface area contributed by atoms with Crippen LogP contribution in [-0.4, -0.2) is 22.8 Å². The summed E-state index contributed by atoms with van der Waals surface area (Å²) in [6, 6.07) is 5.65. The van der Waals surface area contributed by atoms with Crippen molar-refractivity contribution in [1.82, 2.24) is 10.5 Å². The first kappa shape index (κ1) is 14.8. The Balaban J connectivity index is 2.09. The lowest BCUT2D eigenvalue weighted by molar-refractivity contribution is 0.0946. The number of halogens is 1. The number of aliphatic hydroxyl groups is 1. The summed E-state index contributed by atoms with van der Waals surface area (Å²) in [5.74, 6) is 4.29. The van der Waals surface area contributed by atoms with Crippen LogP contribution in [0, 0.1) is 17.7 Å². The van der Waals surface area contributed by atoms with E-state index in [4.69, 9.17) is 5.11 Å². The van der Waals surface area contributed by atoms with Gasteiger partial charge in [-0.25, -0.2) is 4.39 Å². The lowest BCUT2D eigenvalue weighted by Gasteiger charge is -2.05. The lowest BCUT2D eigenvalue weighted by atomic mass is 10.1. The van der Waals surface area contributed by atoms with Crippen molar-refractivity contribution in [3.05, 3.63) is 53.2 Å². The highest BCUT2D eigenvalue weighted by Crippen LogP contribution is 2.10. The fourth-order valence-corrected chi connectivity index (χ4v) is 1.59. The zero-order valence-electron chi connectivity index (χ0n) is 11.1. The number of benzene rings is 1. The molecule has 0 spiro atoms. The molecule has 1 aromatic heterocycles. The number of carbonyl (C=O) groups excluding carboxylic acids is 1. The first-order chi connectivity index (χ1) is 10.2. The fraction of sp³-hybridized carbons (Fsp3) is 0.200. The molecule has 0 saturated heterocycles. The van der Waals surface area contributed by atoms with Crippen molar-refractivity contribution in [2.45, 2.75) is 13.0 Å². The SMILES string of the molecule is O=C(NCc1ccon1)c1cc(C#CCCO)ccc1F. The summed E-state index contributed by atoms with van der Waals surface area (Å²) in [7, 11) is 0. The topological polar surface area (TPSA) is 75.4 Å². The summed E-state index contributed by atoms with van der Waals surface area (Å²) < 4.78 is 18.3. The molecule has 1 heterocycles. The molecule has 1 aromatic carbocycles. The number of nitrogens with zero attached hydrogens (tertiary/aromatic N) is 1. The van der Waals surface area contributed by atoms with E-state index in [1.165, 1.54) is 24.5 Å². The van der Waals surface area contributed by atoms with Crippen LogP contribution in [0.2, 0.25) is 0 Å². The maximum Gasteiger partial charge on any atom is 0.254 e. The second-order valence-corrected chi connectivity index (χ2v) is 4.14. The first-order valence-electron chi connectivity index (χ1n) is 6.27. The van der Waals surface area contributed by atoms with Crippen molar-refractivity contribution < 1.29 is 18.8 Å². The third kappa shape index (κ3) is 4.16. The second kappa shape index (κ2) is 7.22. The number of aliphatic hydroxyl groups excluding tert-OH is 1. The maximum absolute atomic E-state index is 13.7. The van der Waals surface area contributed by atoms with E-state index in [1.54, 1.807) is 6.07 Å². The highest BCUT2D eigenvalue weighted by Gasteiger charge is 2.12. The van der Waals surface area contributed by atoms with Crippen molar-refractivity contribution in [2.75, 3.05) is 6.61 Å². The van der Waals surface area contributed by atoms with Gasteiger partial charge in [-0.1, -0.05) is 17.0 Å². The van der Waals surface area contributed by atoms with E-state index in [1.807, 2.05) is 0 Å². The van der Waals surface area contributed by atoms with Crippen LogP contribution in [0.25, 0.3) is 0 Å². The van der Waals surface area contributed by atoms with Crippen LogP contribution >= 0.6 is 0 Å². The van der Waals surface area contributed by atoms with E-state index >= 15 is 0 Å². The van der Waals surface area contributed by atoms with E-state index < -0.39 is 11.7 Å². The Kier molecular flexibility index (Phi) is 5.07. The largest absolute Gasteiger partial charge is 0.395 e. The normalized spacial score (nSPS) is 9.81. The monoisotopic (exact) mass is 288 g/mol. The zero-order valence-corrected chi connectivity index (χ0v) is 11.1. The van der Waals surface area contributed by atoms with Gasteiger partial charge in [-0.05, 0) is 18.2 Å². The number of nitrogens with one attached hydrogen (secondary N) is 1. The van der Waals surface area contributed by atoms with Gasteiger partial charge in [0.25, 0.3) is 5.91 Å². The summed E-state index contributed by atoms with van der Waals surface area (Å²) in [5, 5.41) is 14.8. The van der Waals surface area contributed by atoms with Crippen molar-refractivity contribution >= 4 is 5.91 Å². The lowest BCUT2D eigenvalue weighted by Crippen LogP contribution is -2.24.